The third-order valence-corrected chi connectivity index (χ3v) is 4.23. The van der Waals surface area contributed by atoms with E-state index in [9.17, 15) is 4.79 Å². The summed E-state index contributed by atoms with van der Waals surface area (Å²) in [6, 6.07) is 17.7. The van der Waals surface area contributed by atoms with Gasteiger partial charge in [0.2, 0.25) is 0 Å². The summed E-state index contributed by atoms with van der Waals surface area (Å²) >= 11 is 0. The monoisotopic (exact) mass is 281 g/mol. The van der Waals surface area contributed by atoms with Crippen LogP contribution in [0.1, 0.15) is 34.3 Å². The number of carboxylic acid groups (broad SMARTS) is 1. The van der Waals surface area contributed by atoms with Gasteiger partial charge in [0.1, 0.15) is 0 Å². The lowest BCUT2D eigenvalue weighted by Gasteiger charge is -2.16. The van der Waals surface area contributed by atoms with E-state index < -0.39 is 5.97 Å². The van der Waals surface area contributed by atoms with Gasteiger partial charge in [-0.1, -0.05) is 42.5 Å². The molecule has 0 spiro atoms. The van der Waals surface area contributed by atoms with Crippen molar-refractivity contribution >= 4 is 5.97 Å². The molecular formula is C18H19NO2. The summed E-state index contributed by atoms with van der Waals surface area (Å²) in [4.78, 5) is 10.8. The van der Waals surface area contributed by atoms with Crippen LogP contribution in [0.4, 0.5) is 0 Å². The lowest BCUT2D eigenvalue weighted by Crippen LogP contribution is -2.26. The molecule has 108 valence electrons. The molecule has 0 radical (unpaired) electrons. The molecule has 1 aliphatic carbocycles. The van der Waals surface area contributed by atoms with E-state index in [-0.39, 0.29) is 0 Å². The average Bonchev–Trinajstić information content (AvgIpc) is 3.30. The molecule has 2 aromatic carbocycles. The van der Waals surface area contributed by atoms with Crippen molar-refractivity contribution in [1.29, 1.82) is 0 Å². The topological polar surface area (TPSA) is 49.3 Å². The second-order valence-electron chi connectivity index (χ2n) is 5.75. The Hall–Kier alpha value is -2.13. The van der Waals surface area contributed by atoms with Crippen LogP contribution in [-0.4, -0.2) is 17.6 Å². The molecule has 21 heavy (non-hydrogen) atoms. The maximum absolute atomic E-state index is 10.8. The van der Waals surface area contributed by atoms with Gasteiger partial charge in [0.05, 0.1) is 5.56 Å². The van der Waals surface area contributed by atoms with E-state index >= 15 is 0 Å². The normalized spacial score (nSPS) is 15.6. The van der Waals surface area contributed by atoms with Crippen LogP contribution < -0.4 is 5.32 Å². The van der Waals surface area contributed by atoms with Crippen molar-refractivity contribution in [3.05, 3.63) is 71.3 Å². The van der Waals surface area contributed by atoms with E-state index in [0.717, 1.165) is 18.7 Å². The highest BCUT2D eigenvalue weighted by molar-refractivity contribution is 5.87. The van der Waals surface area contributed by atoms with E-state index in [1.807, 2.05) is 12.1 Å². The maximum atomic E-state index is 10.8. The Morgan fingerprint density at radius 2 is 1.71 bits per heavy atom. The Labute approximate surface area is 124 Å². The van der Waals surface area contributed by atoms with Crippen molar-refractivity contribution < 1.29 is 9.90 Å². The van der Waals surface area contributed by atoms with Crippen molar-refractivity contribution in [2.45, 2.75) is 24.8 Å². The molecule has 0 aliphatic heterocycles. The fourth-order valence-corrected chi connectivity index (χ4v) is 2.72. The van der Waals surface area contributed by atoms with Gasteiger partial charge in [0, 0.05) is 18.5 Å². The zero-order valence-electron chi connectivity index (χ0n) is 11.9. The smallest absolute Gasteiger partial charge is 0.335 e. The fraction of sp³-hybridized carbons (Fsp3) is 0.278. The van der Waals surface area contributed by atoms with Gasteiger partial charge < -0.3 is 10.4 Å². The molecule has 1 fully saturated rings. The minimum absolute atomic E-state index is 0.308. The van der Waals surface area contributed by atoms with Gasteiger partial charge in [-0.2, -0.15) is 0 Å². The summed E-state index contributed by atoms with van der Waals surface area (Å²) in [6.07, 6.45) is 2.48. The van der Waals surface area contributed by atoms with Crippen LogP contribution in [-0.2, 0) is 12.0 Å². The molecule has 0 saturated heterocycles. The van der Waals surface area contributed by atoms with Crippen LogP contribution in [0.3, 0.4) is 0 Å². The summed E-state index contributed by atoms with van der Waals surface area (Å²) in [7, 11) is 0. The molecule has 3 rings (SSSR count). The summed E-state index contributed by atoms with van der Waals surface area (Å²) in [6.45, 7) is 1.74. The predicted molar refractivity (Wildman–Crippen MR) is 82.5 cm³/mol. The molecule has 2 aromatic rings. The van der Waals surface area contributed by atoms with Crippen molar-refractivity contribution in [3.8, 4) is 0 Å². The van der Waals surface area contributed by atoms with Gasteiger partial charge in [-0.3, -0.25) is 0 Å². The fourth-order valence-electron chi connectivity index (χ4n) is 2.72. The van der Waals surface area contributed by atoms with Crippen LogP contribution in [0.2, 0.25) is 0 Å². The van der Waals surface area contributed by atoms with Crippen molar-refractivity contribution in [3.63, 3.8) is 0 Å². The number of hydrogen-bond acceptors (Lipinski definition) is 2. The first kappa shape index (κ1) is 13.8. The van der Waals surface area contributed by atoms with Gasteiger partial charge in [-0.25, -0.2) is 4.79 Å². The van der Waals surface area contributed by atoms with Crippen LogP contribution >= 0.6 is 0 Å². The third-order valence-electron chi connectivity index (χ3n) is 4.23. The van der Waals surface area contributed by atoms with Crippen LogP contribution in [0.25, 0.3) is 0 Å². The lowest BCUT2D eigenvalue weighted by molar-refractivity contribution is 0.0697. The Bertz CT molecular complexity index is 615. The molecule has 2 N–H and O–H groups in total. The predicted octanol–water partition coefficient (Wildman–Crippen LogP) is 3.21. The lowest BCUT2D eigenvalue weighted by atomic mass is 9.96. The number of aromatic carboxylic acids is 1. The highest BCUT2D eigenvalue weighted by atomic mass is 16.4. The molecule has 1 saturated carbocycles. The van der Waals surface area contributed by atoms with E-state index in [2.05, 4.69) is 35.6 Å². The first-order valence-corrected chi connectivity index (χ1v) is 7.28. The molecule has 3 heteroatoms. The number of carbonyl (C=O) groups is 1. The van der Waals surface area contributed by atoms with Crippen LogP contribution in [0, 0.1) is 0 Å². The van der Waals surface area contributed by atoms with Crippen LogP contribution in [0.15, 0.2) is 54.6 Å². The van der Waals surface area contributed by atoms with Gasteiger partial charge in [-0.05, 0) is 36.1 Å². The number of carboxylic acids is 1. The Kier molecular flexibility index (Phi) is 3.76. The maximum Gasteiger partial charge on any atom is 0.335 e. The van der Waals surface area contributed by atoms with E-state index in [1.165, 1.54) is 18.4 Å². The molecule has 0 unspecified atom stereocenters. The summed E-state index contributed by atoms with van der Waals surface area (Å²) in [5, 5.41) is 12.4. The summed E-state index contributed by atoms with van der Waals surface area (Å²) in [5.74, 6) is -0.879. The molecular weight excluding hydrogens is 262 g/mol. The highest BCUT2D eigenvalue weighted by Crippen LogP contribution is 2.47. The van der Waals surface area contributed by atoms with Crippen molar-refractivity contribution in [1.82, 2.24) is 5.32 Å². The van der Waals surface area contributed by atoms with E-state index in [1.54, 1.807) is 12.1 Å². The van der Waals surface area contributed by atoms with Gasteiger partial charge in [0.25, 0.3) is 0 Å². The number of nitrogens with one attached hydrogen (secondary N) is 1. The second kappa shape index (κ2) is 5.70. The Balaban J connectivity index is 1.56. The van der Waals surface area contributed by atoms with E-state index in [0.29, 0.717) is 11.0 Å². The number of hydrogen-bond donors (Lipinski definition) is 2. The third kappa shape index (κ3) is 3.14. The number of rotatable bonds is 6. The largest absolute Gasteiger partial charge is 0.478 e. The minimum Gasteiger partial charge on any atom is -0.478 e. The quantitative estimate of drug-likeness (QED) is 0.855. The molecule has 3 nitrogen and oxygen atoms in total. The van der Waals surface area contributed by atoms with Crippen molar-refractivity contribution in [2.24, 2.45) is 0 Å². The highest BCUT2D eigenvalue weighted by Gasteiger charge is 2.43. The van der Waals surface area contributed by atoms with Crippen LogP contribution in [0.5, 0.6) is 0 Å². The molecule has 0 aromatic heterocycles. The minimum atomic E-state index is -0.879. The number of benzene rings is 2. The Morgan fingerprint density at radius 1 is 1.05 bits per heavy atom. The van der Waals surface area contributed by atoms with Gasteiger partial charge in [-0.15, -0.1) is 0 Å². The average molecular weight is 281 g/mol. The SMILES string of the molecule is O=C(O)c1ccc(CNCC2(c3ccccc3)CC2)cc1. The van der Waals surface area contributed by atoms with E-state index in [4.69, 9.17) is 5.11 Å². The van der Waals surface area contributed by atoms with Crippen molar-refractivity contribution in [2.75, 3.05) is 6.54 Å². The zero-order valence-corrected chi connectivity index (χ0v) is 11.9. The second-order valence-corrected chi connectivity index (χ2v) is 5.75. The van der Waals surface area contributed by atoms with Gasteiger partial charge >= 0.3 is 5.97 Å². The molecule has 1 aliphatic rings. The Morgan fingerprint density at radius 3 is 2.29 bits per heavy atom. The zero-order chi connectivity index (χ0) is 14.7. The summed E-state index contributed by atoms with van der Waals surface area (Å²) in [5.41, 5.74) is 3.17. The molecule has 0 bridgehead atoms. The molecule has 0 heterocycles. The molecule has 0 atom stereocenters. The first-order valence-electron chi connectivity index (χ1n) is 7.28. The first-order chi connectivity index (χ1) is 10.2. The standard InChI is InChI=1S/C18H19NO2/c20-17(21)15-8-6-14(7-9-15)12-19-13-18(10-11-18)16-4-2-1-3-5-16/h1-9,19H,10-13H2,(H,20,21). The summed E-state index contributed by atoms with van der Waals surface area (Å²) < 4.78 is 0. The van der Waals surface area contributed by atoms with Gasteiger partial charge in [0.15, 0.2) is 0 Å². The molecule has 0 amide bonds.